The molecule has 0 bridgehead atoms. The van der Waals surface area contributed by atoms with Crippen LogP contribution in [-0.2, 0) is 16.6 Å². The molecule has 0 unspecified atom stereocenters. The molecule has 0 saturated heterocycles. The normalized spacial score (nSPS) is 11.3. The third-order valence-corrected chi connectivity index (χ3v) is 4.07. The predicted octanol–water partition coefficient (Wildman–Crippen LogP) is 2.74. The lowest BCUT2D eigenvalue weighted by atomic mass is 10.2. The van der Waals surface area contributed by atoms with Crippen LogP contribution in [0.5, 0.6) is 0 Å². The minimum absolute atomic E-state index is 0.600. The number of aryl methyl sites for hydroxylation is 2. The van der Waals surface area contributed by atoms with Crippen molar-refractivity contribution in [3.05, 3.63) is 39.8 Å². The van der Waals surface area contributed by atoms with Crippen molar-refractivity contribution in [3.8, 4) is 0 Å². The minimum atomic E-state index is -3.24. The van der Waals surface area contributed by atoms with E-state index in [-0.39, 0.29) is 0 Å². The van der Waals surface area contributed by atoms with Crippen molar-refractivity contribution >= 4 is 32.7 Å². The second-order valence-electron chi connectivity index (χ2n) is 4.62. The van der Waals surface area contributed by atoms with E-state index in [1.54, 1.807) is 17.4 Å². The average molecular weight is 311 g/mol. The van der Waals surface area contributed by atoms with Crippen molar-refractivity contribution < 1.29 is 8.42 Å². The van der Waals surface area contributed by atoms with Crippen LogP contribution in [0.1, 0.15) is 16.3 Å². The Morgan fingerprint density at radius 1 is 1.30 bits per heavy atom. The second-order valence-corrected chi connectivity index (χ2v) is 7.43. The number of anilines is 2. The predicted molar refractivity (Wildman–Crippen MR) is 83.8 cm³/mol. The topological polar surface area (TPSA) is 71.1 Å². The summed E-state index contributed by atoms with van der Waals surface area (Å²) in [5.41, 5.74) is 3.41. The molecule has 0 spiro atoms. The first-order valence-corrected chi connectivity index (χ1v) is 8.84. The number of nitrogens with one attached hydrogen (secondary N) is 2. The smallest absolute Gasteiger partial charge is 0.229 e. The second kappa shape index (κ2) is 5.80. The van der Waals surface area contributed by atoms with Crippen molar-refractivity contribution in [2.75, 3.05) is 16.3 Å². The number of hydrogen-bond acceptors (Lipinski definition) is 5. The van der Waals surface area contributed by atoms with Crippen molar-refractivity contribution in [3.63, 3.8) is 0 Å². The fourth-order valence-electron chi connectivity index (χ4n) is 1.77. The van der Waals surface area contributed by atoms with Gasteiger partial charge in [-0.2, -0.15) is 0 Å². The molecule has 0 amide bonds. The SMILES string of the molecule is Cc1nc(CNc2ccc(NS(C)(=O)=O)c(C)c2)cs1. The Balaban J connectivity index is 2.05. The molecule has 0 radical (unpaired) electrons. The quantitative estimate of drug-likeness (QED) is 0.890. The van der Waals surface area contributed by atoms with Gasteiger partial charge in [-0.3, -0.25) is 4.72 Å². The molecule has 0 atom stereocenters. The van der Waals surface area contributed by atoms with E-state index in [9.17, 15) is 8.42 Å². The Bertz CT molecular complexity index is 708. The molecule has 0 aliphatic rings. The highest BCUT2D eigenvalue weighted by Gasteiger charge is 2.06. The summed E-state index contributed by atoms with van der Waals surface area (Å²) in [6, 6.07) is 5.51. The zero-order valence-electron chi connectivity index (χ0n) is 11.6. The Hall–Kier alpha value is -1.60. The van der Waals surface area contributed by atoms with E-state index in [4.69, 9.17) is 0 Å². The van der Waals surface area contributed by atoms with E-state index >= 15 is 0 Å². The molecule has 0 aliphatic carbocycles. The molecule has 0 saturated carbocycles. The lowest BCUT2D eigenvalue weighted by molar-refractivity contribution is 0.607. The molecule has 1 aromatic carbocycles. The third-order valence-electron chi connectivity index (χ3n) is 2.66. The molecular weight excluding hydrogens is 294 g/mol. The standard InChI is InChI=1S/C13H17N3O2S2/c1-9-6-11(4-5-13(9)16-20(3,17)18)14-7-12-8-19-10(2)15-12/h4-6,8,14,16H,7H2,1-3H3. The number of thiazole rings is 1. The summed E-state index contributed by atoms with van der Waals surface area (Å²) < 4.78 is 24.9. The van der Waals surface area contributed by atoms with Gasteiger partial charge >= 0.3 is 0 Å². The van der Waals surface area contributed by atoms with Crippen LogP contribution in [0.25, 0.3) is 0 Å². The van der Waals surface area contributed by atoms with Gasteiger partial charge in [-0.1, -0.05) is 0 Å². The van der Waals surface area contributed by atoms with Crippen molar-refractivity contribution in [2.24, 2.45) is 0 Å². The van der Waals surface area contributed by atoms with Gasteiger partial charge in [0, 0.05) is 11.1 Å². The van der Waals surface area contributed by atoms with Gasteiger partial charge in [0.05, 0.1) is 29.2 Å². The van der Waals surface area contributed by atoms with E-state index in [0.29, 0.717) is 12.2 Å². The van der Waals surface area contributed by atoms with Gasteiger partial charge in [0.2, 0.25) is 10.0 Å². The zero-order chi connectivity index (χ0) is 14.8. The van der Waals surface area contributed by atoms with Gasteiger partial charge in [-0.05, 0) is 37.6 Å². The van der Waals surface area contributed by atoms with E-state index in [1.807, 2.05) is 31.4 Å². The molecule has 2 aromatic rings. The van der Waals surface area contributed by atoms with Gasteiger partial charge in [-0.25, -0.2) is 13.4 Å². The van der Waals surface area contributed by atoms with E-state index in [1.165, 1.54) is 0 Å². The number of nitrogens with zero attached hydrogens (tertiary/aromatic N) is 1. The van der Waals surface area contributed by atoms with Crippen molar-refractivity contribution in [1.29, 1.82) is 0 Å². The fourth-order valence-corrected chi connectivity index (χ4v) is 3.01. The molecule has 1 heterocycles. The maximum absolute atomic E-state index is 11.2. The Labute approximate surface area is 123 Å². The van der Waals surface area contributed by atoms with Crippen LogP contribution in [-0.4, -0.2) is 19.7 Å². The summed E-state index contributed by atoms with van der Waals surface area (Å²) in [5, 5.41) is 6.34. The maximum atomic E-state index is 11.2. The summed E-state index contributed by atoms with van der Waals surface area (Å²) in [7, 11) is -3.24. The first kappa shape index (κ1) is 14.8. The number of rotatable bonds is 5. The van der Waals surface area contributed by atoms with Crippen LogP contribution in [0.4, 0.5) is 11.4 Å². The summed E-state index contributed by atoms with van der Waals surface area (Å²) in [6.07, 6.45) is 1.14. The lowest BCUT2D eigenvalue weighted by Crippen LogP contribution is -2.10. The van der Waals surface area contributed by atoms with Gasteiger partial charge in [0.15, 0.2) is 0 Å². The minimum Gasteiger partial charge on any atom is -0.379 e. The van der Waals surface area contributed by atoms with Crippen LogP contribution >= 0.6 is 11.3 Å². The Morgan fingerprint density at radius 2 is 2.05 bits per heavy atom. The largest absolute Gasteiger partial charge is 0.379 e. The van der Waals surface area contributed by atoms with Crippen molar-refractivity contribution in [1.82, 2.24) is 4.98 Å². The first-order valence-electron chi connectivity index (χ1n) is 6.07. The highest BCUT2D eigenvalue weighted by atomic mass is 32.2. The third kappa shape index (κ3) is 4.21. The fraction of sp³-hybridized carbons (Fsp3) is 0.308. The van der Waals surface area contributed by atoms with E-state index in [0.717, 1.165) is 28.2 Å². The molecule has 0 fully saturated rings. The molecule has 0 aliphatic heterocycles. The first-order chi connectivity index (χ1) is 9.33. The van der Waals surface area contributed by atoms with Gasteiger partial charge in [-0.15, -0.1) is 11.3 Å². The summed E-state index contributed by atoms with van der Waals surface area (Å²) in [4.78, 5) is 4.38. The summed E-state index contributed by atoms with van der Waals surface area (Å²) in [5.74, 6) is 0. The van der Waals surface area contributed by atoms with Gasteiger partial charge in [0.25, 0.3) is 0 Å². The van der Waals surface area contributed by atoms with Crippen LogP contribution in [0.3, 0.4) is 0 Å². The van der Waals surface area contributed by atoms with Gasteiger partial charge < -0.3 is 5.32 Å². The van der Waals surface area contributed by atoms with E-state index < -0.39 is 10.0 Å². The molecule has 7 heteroatoms. The number of hydrogen-bond donors (Lipinski definition) is 2. The summed E-state index contributed by atoms with van der Waals surface area (Å²) >= 11 is 1.62. The molecule has 2 N–H and O–H groups in total. The highest BCUT2D eigenvalue weighted by Crippen LogP contribution is 2.21. The molecule has 5 nitrogen and oxygen atoms in total. The number of benzene rings is 1. The zero-order valence-corrected chi connectivity index (χ0v) is 13.2. The molecule has 108 valence electrons. The molecule has 2 rings (SSSR count). The van der Waals surface area contributed by atoms with Crippen LogP contribution < -0.4 is 10.0 Å². The molecular formula is C13H17N3O2S2. The van der Waals surface area contributed by atoms with Gasteiger partial charge in [0.1, 0.15) is 0 Å². The molecule has 20 heavy (non-hydrogen) atoms. The van der Waals surface area contributed by atoms with Crippen LogP contribution in [0.2, 0.25) is 0 Å². The Kier molecular flexibility index (Phi) is 4.29. The number of aromatic nitrogens is 1. The number of sulfonamides is 1. The Morgan fingerprint density at radius 3 is 2.60 bits per heavy atom. The average Bonchev–Trinajstić information content (AvgIpc) is 2.74. The van der Waals surface area contributed by atoms with Crippen molar-refractivity contribution in [2.45, 2.75) is 20.4 Å². The van der Waals surface area contributed by atoms with Crippen LogP contribution in [0.15, 0.2) is 23.6 Å². The highest BCUT2D eigenvalue weighted by molar-refractivity contribution is 7.92. The summed E-state index contributed by atoms with van der Waals surface area (Å²) in [6.45, 7) is 4.50. The maximum Gasteiger partial charge on any atom is 0.229 e. The lowest BCUT2D eigenvalue weighted by Gasteiger charge is -2.10. The molecule has 1 aromatic heterocycles. The monoisotopic (exact) mass is 311 g/mol. The van der Waals surface area contributed by atoms with Crippen LogP contribution in [0, 0.1) is 13.8 Å². The van der Waals surface area contributed by atoms with E-state index in [2.05, 4.69) is 15.0 Å².